The number of amides is 1. The van der Waals surface area contributed by atoms with Crippen LogP contribution in [0.4, 0.5) is 5.69 Å². The predicted octanol–water partition coefficient (Wildman–Crippen LogP) is 1.21. The lowest BCUT2D eigenvalue weighted by Crippen LogP contribution is -2.31. The van der Waals surface area contributed by atoms with E-state index < -0.39 is 0 Å². The predicted molar refractivity (Wildman–Crippen MR) is 51.9 cm³/mol. The standard InChI is InChI=1S/C9H9ClN2O/c10-7-3-5-1-2-12-9(13)6(5)4-8(7)11/h3-4H,1-2,11H2,(H,12,13). The molecule has 1 amide bonds. The van der Waals surface area contributed by atoms with Crippen molar-refractivity contribution in [1.29, 1.82) is 0 Å². The molecule has 1 aromatic carbocycles. The fraction of sp³-hybridized carbons (Fsp3) is 0.222. The normalized spacial score (nSPS) is 15.0. The number of nitrogen functional groups attached to an aromatic ring is 1. The number of carbonyl (C=O) groups excluding carboxylic acids is 1. The number of nitrogens with one attached hydrogen (secondary N) is 1. The average Bonchev–Trinajstić information content (AvgIpc) is 2.09. The molecule has 0 fully saturated rings. The number of benzene rings is 1. The summed E-state index contributed by atoms with van der Waals surface area (Å²) in [6, 6.07) is 3.40. The van der Waals surface area contributed by atoms with Gasteiger partial charge in [0.15, 0.2) is 0 Å². The molecular formula is C9H9ClN2O. The zero-order valence-corrected chi connectivity index (χ0v) is 7.69. The average molecular weight is 197 g/mol. The van der Waals surface area contributed by atoms with Gasteiger partial charge in [0.2, 0.25) is 0 Å². The molecule has 1 aliphatic heterocycles. The quantitative estimate of drug-likeness (QED) is 0.613. The number of carbonyl (C=O) groups is 1. The summed E-state index contributed by atoms with van der Waals surface area (Å²) in [5.41, 5.74) is 7.67. The lowest BCUT2D eigenvalue weighted by molar-refractivity contribution is 0.0946. The zero-order chi connectivity index (χ0) is 9.42. The lowest BCUT2D eigenvalue weighted by atomic mass is 10.00. The molecule has 1 aliphatic rings. The Morgan fingerprint density at radius 1 is 1.46 bits per heavy atom. The van der Waals surface area contributed by atoms with Crippen molar-refractivity contribution in [1.82, 2.24) is 5.32 Å². The van der Waals surface area contributed by atoms with Crippen LogP contribution in [0.1, 0.15) is 15.9 Å². The first-order chi connectivity index (χ1) is 6.18. The zero-order valence-electron chi connectivity index (χ0n) is 6.93. The van der Waals surface area contributed by atoms with E-state index in [-0.39, 0.29) is 5.91 Å². The van der Waals surface area contributed by atoms with Gasteiger partial charge < -0.3 is 11.1 Å². The molecule has 1 heterocycles. The van der Waals surface area contributed by atoms with E-state index in [2.05, 4.69) is 5.32 Å². The molecule has 2 rings (SSSR count). The molecule has 3 nitrogen and oxygen atoms in total. The Bertz CT molecular complexity index is 376. The first-order valence-corrected chi connectivity index (χ1v) is 4.42. The van der Waals surface area contributed by atoms with E-state index in [1.807, 2.05) is 0 Å². The van der Waals surface area contributed by atoms with Gasteiger partial charge in [0, 0.05) is 12.1 Å². The third-order valence-corrected chi connectivity index (χ3v) is 2.47. The number of fused-ring (bicyclic) bond motifs is 1. The largest absolute Gasteiger partial charge is 0.398 e. The highest BCUT2D eigenvalue weighted by molar-refractivity contribution is 6.33. The first-order valence-electron chi connectivity index (χ1n) is 4.04. The van der Waals surface area contributed by atoms with E-state index in [0.717, 1.165) is 12.0 Å². The van der Waals surface area contributed by atoms with Crippen LogP contribution in [0.25, 0.3) is 0 Å². The number of rotatable bonds is 0. The second kappa shape index (κ2) is 2.92. The number of anilines is 1. The van der Waals surface area contributed by atoms with Gasteiger partial charge in [-0.15, -0.1) is 0 Å². The van der Waals surface area contributed by atoms with Gasteiger partial charge in [-0.05, 0) is 24.1 Å². The molecule has 68 valence electrons. The fourth-order valence-corrected chi connectivity index (χ4v) is 1.64. The Labute approximate surface area is 80.9 Å². The lowest BCUT2D eigenvalue weighted by Gasteiger charge is -2.17. The molecule has 0 radical (unpaired) electrons. The minimum Gasteiger partial charge on any atom is -0.398 e. The van der Waals surface area contributed by atoms with Crippen LogP contribution in [-0.2, 0) is 6.42 Å². The van der Waals surface area contributed by atoms with Crippen LogP contribution in [0.15, 0.2) is 12.1 Å². The van der Waals surface area contributed by atoms with Crippen LogP contribution < -0.4 is 11.1 Å². The summed E-state index contributed by atoms with van der Waals surface area (Å²) in [4.78, 5) is 11.3. The summed E-state index contributed by atoms with van der Waals surface area (Å²) in [6.07, 6.45) is 0.821. The van der Waals surface area contributed by atoms with E-state index in [1.165, 1.54) is 0 Å². The Balaban J connectivity index is 2.58. The van der Waals surface area contributed by atoms with Gasteiger partial charge in [-0.3, -0.25) is 4.79 Å². The Morgan fingerprint density at radius 2 is 2.23 bits per heavy atom. The molecule has 0 bridgehead atoms. The number of halogens is 1. The van der Waals surface area contributed by atoms with Crippen LogP contribution >= 0.6 is 11.6 Å². The van der Waals surface area contributed by atoms with E-state index in [1.54, 1.807) is 12.1 Å². The molecule has 13 heavy (non-hydrogen) atoms. The molecule has 3 N–H and O–H groups in total. The fourth-order valence-electron chi connectivity index (χ4n) is 1.46. The van der Waals surface area contributed by atoms with Gasteiger partial charge in [-0.2, -0.15) is 0 Å². The third kappa shape index (κ3) is 1.35. The molecule has 0 saturated heterocycles. The van der Waals surface area contributed by atoms with Gasteiger partial charge in [0.1, 0.15) is 0 Å². The smallest absolute Gasteiger partial charge is 0.251 e. The maximum absolute atomic E-state index is 11.3. The van der Waals surface area contributed by atoms with Gasteiger partial charge in [-0.25, -0.2) is 0 Å². The van der Waals surface area contributed by atoms with Crippen molar-refractivity contribution in [3.05, 3.63) is 28.3 Å². The van der Waals surface area contributed by atoms with E-state index in [4.69, 9.17) is 17.3 Å². The maximum atomic E-state index is 11.3. The molecule has 1 aromatic rings. The molecule has 4 heteroatoms. The van der Waals surface area contributed by atoms with Crippen molar-refractivity contribution < 1.29 is 4.79 Å². The molecule has 0 aliphatic carbocycles. The first kappa shape index (κ1) is 8.38. The van der Waals surface area contributed by atoms with Crippen molar-refractivity contribution in [2.75, 3.05) is 12.3 Å². The topological polar surface area (TPSA) is 55.1 Å². The molecule has 0 saturated carbocycles. The van der Waals surface area contributed by atoms with Gasteiger partial charge >= 0.3 is 0 Å². The minimum absolute atomic E-state index is 0.0652. The van der Waals surface area contributed by atoms with Crippen molar-refractivity contribution >= 4 is 23.2 Å². The van der Waals surface area contributed by atoms with E-state index in [9.17, 15) is 4.79 Å². The van der Waals surface area contributed by atoms with Gasteiger partial charge in [-0.1, -0.05) is 11.6 Å². The number of hydrogen-bond donors (Lipinski definition) is 2. The van der Waals surface area contributed by atoms with E-state index in [0.29, 0.717) is 22.8 Å². The van der Waals surface area contributed by atoms with Crippen LogP contribution in [0.3, 0.4) is 0 Å². The molecule has 0 aromatic heterocycles. The van der Waals surface area contributed by atoms with Crippen molar-refractivity contribution in [3.8, 4) is 0 Å². The number of nitrogens with two attached hydrogens (primary N) is 1. The molecule has 0 spiro atoms. The summed E-state index contributed by atoms with van der Waals surface area (Å²) in [5, 5.41) is 3.27. The summed E-state index contributed by atoms with van der Waals surface area (Å²) < 4.78 is 0. The van der Waals surface area contributed by atoms with Crippen molar-refractivity contribution in [3.63, 3.8) is 0 Å². The third-order valence-electron chi connectivity index (χ3n) is 2.15. The van der Waals surface area contributed by atoms with Crippen LogP contribution in [-0.4, -0.2) is 12.5 Å². The van der Waals surface area contributed by atoms with Crippen molar-refractivity contribution in [2.45, 2.75) is 6.42 Å². The number of hydrogen-bond acceptors (Lipinski definition) is 2. The summed E-state index contributed by atoms with van der Waals surface area (Å²) >= 11 is 5.84. The highest BCUT2D eigenvalue weighted by atomic mass is 35.5. The molecular weight excluding hydrogens is 188 g/mol. The monoisotopic (exact) mass is 196 g/mol. The highest BCUT2D eigenvalue weighted by Crippen LogP contribution is 2.25. The Morgan fingerprint density at radius 3 is 3.00 bits per heavy atom. The second-order valence-electron chi connectivity index (χ2n) is 3.04. The second-order valence-corrected chi connectivity index (χ2v) is 3.44. The van der Waals surface area contributed by atoms with Crippen LogP contribution in [0, 0.1) is 0 Å². The Hall–Kier alpha value is -1.22. The summed E-state index contributed by atoms with van der Waals surface area (Å²) in [7, 11) is 0. The SMILES string of the molecule is Nc1cc2c(cc1Cl)CCNC2=O. The van der Waals surface area contributed by atoms with Crippen LogP contribution in [0.2, 0.25) is 5.02 Å². The molecule has 0 unspecified atom stereocenters. The maximum Gasteiger partial charge on any atom is 0.251 e. The highest BCUT2D eigenvalue weighted by Gasteiger charge is 2.17. The van der Waals surface area contributed by atoms with Crippen LogP contribution in [0.5, 0.6) is 0 Å². The minimum atomic E-state index is -0.0652. The summed E-state index contributed by atoms with van der Waals surface area (Å²) in [5.74, 6) is -0.0652. The van der Waals surface area contributed by atoms with Gasteiger partial charge in [0.25, 0.3) is 5.91 Å². The molecule has 0 atom stereocenters. The van der Waals surface area contributed by atoms with Gasteiger partial charge in [0.05, 0.1) is 10.7 Å². The van der Waals surface area contributed by atoms with E-state index >= 15 is 0 Å². The summed E-state index contributed by atoms with van der Waals surface area (Å²) in [6.45, 7) is 0.673. The Kier molecular flexibility index (Phi) is 1.88. The van der Waals surface area contributed by atoms with Crippen molar-refractivity contribution in [2.24, 2.45) is 0 Å².